The molecule has 0 unspecified atom stereocenters. The molecule has 1 aromatic heterocycles. The molecule has 0 bridgehead atoms. The Hall–Kier alpha value is -10.4. The molecule has 4 heteroatoms. The van der Waals surface area contributed by atoms with Crippen LogP contribution in [0.15, 0.2) is 314 Å². The number of fused-ring (bicyclic) bond motifs is 5. The maximum Gasteiger partial charge on any atom is 0.135 e. The first-order valence-electron chi connectivity index (χ1n) is 26.6. The summed E-state index contributed by atoms with van der Waals surface area (Å²) in [6.45, 7) is 0. The van der Waals surface area contributed by atoms with Crippen LogP contribution in [0.1, 0.15) is 0 Å². The third-order valence-electron chi connectivity index (χ3n) is 15.0. The number of nitrogens with zero attached hydrogens (tertiary/aromatic N) is 3. The Morgan fingerprint density at radius 1 is 0.192 bits per heavy atom. The maximum atomic E-state index is 6.23. The summed E-state index contributed by atoms with van der Waals surface area (Å²) in [6, 6.07) is 111. The van der Waals surface area contributed by atoms with Crippen LogP contribution in [0.3, 0.4) is 0 Å². The molecule has 13 aromatic carbocycles. The Labute approximate surface area is 454 Å². The maximum absolute atomic E-state index is 6.23. The van der Waals surface area contributed by atoms with Crippen LogP contribution in [-0.4, -0.2) is 0 Å². The molecule has 0 fully saturated rings. The van der Waals surface area contributed by atoms with E-state index in [0.29, 0.717) is 0 Å². The first-order valence-corrected chi connectivity index (χ1v) is 26.6. The predicted octanol–water partition coefficient (Wildman–Crippen LogP) is 21.3. The summed E-state index contributed by atoms with van der Waals surface area (Å²) in [5.41, 5.74) is 18.0. The minimum atomic E-state index is 0.886. The van der Waals surface area contributed by atoms with Crippen LogP contribution < -0.4 is 14.7 Å². The van der Waals surface area contributed by atoms with E-state index in [1.165, 1.54) is 33.0 Å². The summed E-state index contributed by atoms with van der Waals surface area (Å²) < 4.78 is 6.23. The van der Waals surface area contributed by atoms with Gasteiger partial charge in [-0.3, -0.25) is 0 Å². The van der Waals surface area contributed by atoms with Gasteiger partial charge in [-0.15, -0.1) is 0 Å². The monoisotopic (exact) mass is 997 g/mol. The lowest BCUT2D eigenvalue weighted by atomic mass is 9.96. The average molecular weight is 998 g/mol. The molecule has 368 valence electrons. The second-order valence-electron chi connectivity index (χ2n) is 19.7. The first-order chi connectivity index (χ1) is 38.7. The molecule has 0 atom stereocenters. The van der Waals surface area contributed by atoms with Crippen molar-refractivity contribution < 1.29 is 4.42 Å². The summed E-state index contributed by atoms with van der Waals surface area (Å²) in [5, 5.41) is 6.88. The van der Waals surface area contributed by atoms with E-state index in [9.17, 15) is 0 Å². The van der Waals surface area contributed by atoms with Crippen LogP contribution in [0, 0.1) is 0 Å². The Morgan fingerprint density at radius 3 is 1.04 bits per heavy atom. The van der Waals surface area contributed by atoms with E-state index in [-0.39, 0.29) is 0 Å². The molecule has 0 amide bonds. The summed E-state index contributed by atoms with van der Waals surface area (Å²) in [7, 11) is 0. The van der Waals surface area contributed by atoms with Crippen LogP contribution >= 0.6 is 0 Å². The molecule has 14 rings (SSSR count). The van der Waals surface area contributed by atoms with Gasteiger partial charge in [0.2, 0.25) is 0 Å². The summed E-state index contributed by atoms with van der Waals surface area (Å²) in [5.74, 6) is 0. The third-order valence-corrected chi connectivity index (χ3v) is 15.0. The normalized spacial score (nSPS) is 11.3. The van der Waals surface area contributed by atoms with Crippen molar-refractivity contribution in [3.63, 3.8) is 0 Å². The summed E-state index contributed by atoms with van der Waals surface area (Å²) in [6.07, 6.45) is 0. The predicted molar refractivity (Wildman–Crippen MR) is 329 cm³/mol. The number of para-hydroxylation sites is 4. The standard InChI is InChI=1S/C74H51N3O/c1-6-22-53(23-7-1)63-43-45-71(67-34-18-16-32-65(63)67)76(57-28-12-4-13-29-57)61-49-60(50-62(51-61)77(58-30-14-5-15-31-58)72-46-44-64(54-24-8-2-9-25-54)66-33-17-19-35-68(66)72)75(56-26-10-3-11-27-56)59-41-38-52(39-42-59)55-40-47-74-70(48-55)69-36-20-21-37-73(69)78-74/h1-51H. The topological polar surface area (TPSA) is 22.9 Å². The summed E-state index contributed by atoms with van der Waals surface area (Å²) in [4.78, 5) is 7.26. The van der Waals surface area contributed by atoms with Gasteiger partial charge in [0.15, 0.2) is 0 Å². The molecular formula is C74H51N3O. The van der Waals surface area contributed by atoms with Gasteiger partial charge in [0, 0.05) is 44.3 Å². The highest BCUT2D eigenvalue weighted by Gasteiger charge is 2.25. The lowest BCUT2D eigenvalue weighted by Crippen LogP contribution is -2.16. The molecule has 14 aromatic rings. The Kier molecular flexibility index (Phi) is 11.8. The van der Waals surface area contributed by atoms with Gasteiger partial charge in [0.05, 0.1) is 28.4 Å². The van der Waals surface area contributed by atoms with Crippen molar-refractivity contribution in [2.24, 2.45) is 0 Å². The van der Waals surface area contributed by atoms with Crippen LogP contribution in [0.25, 0.3) is 76.9 Å². The third kappa shape index (κ3) is 8.48. The molecule has 0 saturated carbocycles. The van der Waals surface area contributed by atoms with Crippen molar-refractivity contribution in [2.45, 2.75) is 0 Å². The van der Waals surface area contributed by atoms with E-state index in [4.69, 9.17) is 4.42 Å². The van der Waals surface area contributed by atoms with Gasteiger partial charge in [0.25, 0.3) is 0 Å². The van der Waals surface area contributed by atoms with Crippen LogP contribution in [0.2, 0.25) is 0 Å². The van der Waals surface area contributed by atoms with Gasteiger partial charge in [-0.05, 0) is 141 Å². The molecule has 0 radical (unpaired) electrons. The van der Waals surface area contributed by atoms with Crippen molar-refractivity contribution in [1.82, 2.24) is 0 Å². The summed E-state index contributed by atoms with van der Waals surface area (Å²) >= 11 is 0. The second-order valence-corrected chi connectivity index (χ2v) is 19.7. The zero-order chi connectivity index (χ0) is 51.8. The van der Waals surface area contributed by atoms with Crippen molar-refractivity contribution in [3.05, 3.63) is 309 Å². The molecular weight excluding hydrogens is 947 g/mol. The van der Waals surface area contributed by atoms with Crippen molar-refractivity contribution in [2.75, 3.05) is 14.7 Å². The lowest BCUT2D eigenvalue weighted by molar-refractivity contribution is 0.669. The molecule has 0 N–H and O–H groups in total. The van der Waals surface area contributed by atoms with E-state index in [1.54, 1.807) is 0 Å². The van der Waals surface area contributed by atoms with Crippen LogP contribution in [-0.2, 0) is 0 Å². The van der Waals surface area contributed by atoms with Gasteiger partial charge in [-0.25, -0.2) is 0 Å². The molecule has 1 heterocycles. The quantitative estimate of drug-likeness (QED) is 0.122. The van der Waals surface area contributed by atoms with Crippen LogP contribution in [0.4, 0.5) is 51.2 Å². The zero-order valence-corrected chi connectivity index (χ0v) is 42.7. The van der Waals surface area contributed by atoms with E-state index >= 15 is 0 Å². The SMILES string of the molecule is c1ccc(-c2ccc(N(c3ccccc3)c3cc(N(c4ccccc4)c4ccc(-c5ccc6oc7ccccc7c6c5)cc4)cc(N(c4ccccc4)c4ccc(-c5ccccc5)c5ccccc45)c3)c3ccccc23)cc1. The largest absolute Gasteiger partial charge is 0.456 e. The van der Waals surface area contributed by atoms with E-state index in [2.05, 4.69) is 312 Å². The smallest absolute Gasteiger partial charge is 0.135 e. The van der Waals surface area contributed by atoms with Gasteiger partial charge in [-0.2, -0.15) is 0 Å². The van der Waals surface area contributed by atoms with Gasteiger partial charge < -0.3 is 19.1 Å². The molecule has 0 aliphatic heterocycles. The van der Waals surface area contributed by atoms with Gasteiger partial charge in [-0.1, -0.05) is 212 Å². The lowest BCUT2D eigenvalue weighted by Gasteiger charge is -2.34. The Bertz CT molecular complexity index is 4240. The number of hydrogen-bond donors (Lipinski definition) is 0. The number of benzene rings is 13. The zero-order valence-electron chi connectivity index (χ0n) is 42.7. The van der Waals surface area contributed by atoms with Crippen LogP contribution in [0.5, 0.6) is 0 Å². The minimum Gasteiger partial charge on any atom is -0.456 e. The Morgan fingerprint density at radius 2 is 0.551 bits per heavy atom. The fraction of sp³-hybridized carbons (Fsp3) is 0. The van der Waals surface area contributed by atoms with E-state index < -0.39 is 0 Å². The number of furan rings is 1. The molecule has 4 nitrogen and oxygen atoms in total. The fourth-order valence-corrected chi connectivity index (χ4v) is 11.4. The highest BCUT2D eigenvalue weighted by molar-refractivity contribution is 6.09. The molecule has 0 saturated heterocycles. The number of anilines is 9. The fourth-order valence-electron chi connectivity index (χ4n) is 11.4. The van der Waals surface area contributed by atoms with Crippen molar-refractivity contribution >= 4 is 94.7 Å². The molecule has 0 aliphatic rings. The van der Waals surface area contributed by atoms with Crippen molar-refractivity contribution in [1.29, 1.82) is 0 Å². The highest BCUT2D eigenvalue weighted by Crippen LogP contribution is 2.50. The van der Waals surface area contributed by atoms with Gasteiger partial charge in [0.1, 0.15) is 11.2 Å². The first kappa shape index (κ1) is 46.1. The number of hydrogen-bond acceptors (Lipinski definition) is 4. The molecule has 0 spiro atoms. The minimum absolute atomic E-state index is 0.886. The van der Waals surface area contributed by atoms with Gasteiger partial charge >= 0.3 is 0 Å². The second kappa shape index (κ2) is 20.0. The molecule has 0 aliphatic carbocycles. The van der Waals surface area contributed by atoms with Crippen molar-refractivity contribution in [3.8, 4) is 33.4 Å². The highest BCUT2D eigenvalue weighted by atomic mass is 16.3. The van der Waals surface area contributed by atoms with E-state index in [0.717, 1.165) is 95.0 Å². The molecule has 78 heavy (non-hydrogen) atoms. The number of rotatable bonds is 12. The van der Waals surface area contributed by atoms with E-state index in [1.807, 2.05) is 12.1 Å². The Balaban J connectivity index is 1.02. The average Bonchev–Trinajstić information content (AvgIpc) is 3.99.